The first-order chi connectivity index (χ1) is 9.92. The summed E-state index contributed by atoms with van der Waals surface area (Å²) in [4.78, 5) is 21.1. The number of carboxylic acids is 1. The number of nitrogens with one attached hydrogen (secondary N) is 1. The van der Waals surface area contributed by atoms with Crippen molar-refractivity contribution < 1.29 is 19.2 Å². The number of aromatic nitrogens is 2. The van der Waals surface area contributed by atoms with E-state index >= 15 is 0 Å². The van der Waals surface area contributed by atoms with E-state index in [1.54, 1.807) is 10.9 Å². The van der Waals surface area contributed by atoms with Gasteiger partial charge in [0.05, 0.1) is 28.4 Å². The van der Waals surface area contributed by atoms with Crippen LogP contribution >= 0.6 is 0 Å². The molecule has 2 aromatic rings. The summed E-state index contributed by atoms with van der Waals surface area (Å²) in [5.41, 5.74) is -0.884. The number of rotatable bonds is 5. The minimum absolute atomic E-state index is 0.116. The van der Waals surface area contributed by atoms with Gasteiger partial charge in [-0.25, -0.2) is 9.18 Å². The Morgan fingerprint density at radius 1 is 1.57 bits per heavy atom. The molecule has 1 aromatic heterocycles. The Morgan fingerprint density at radius 3 is 2.81 bits per heavy atom. The molecule has 2 rings (SSSR count). The molecule has 1 aromatic carbocycles. The number of nitro benzene ring substituents is 1. The smallest absolute Gasteiger partial charge is 0.338 e. The number of anilines is 2. The number of carboxylic acid groups (broad SMARTS) is 1. The van der Waals surface area contributed by atoms with Crippen molar-refractivity contribution in [2.45, 2.75) is 13.5 Å². The maximum Gasteiger partial charge on any atom is 0.338 e. The summed E-state index contributed by atoms with van der Waals surface area (Å²) in [6, 6.07) is 1.47. The van der Waals surface area contributed by atoms with Gasteiger partial charge >= 0.3 is 5.97 Å². The van der Waals surface area contributed by atoms with Gasteiger partial charge in [-0.05, 0) is 13.0 Å². The Hall–Kier alpha value is -2.97. The van der Waals surface area contributed by atoms with E-state index in [0.717, 1.165) is 6.07 Å². The fourth-order valence-corrected chi connectivity index (χ4v) is 1.73. The molecule has 0 unspecified atom stereocenters. The topological polar surface area (TPSA) is 110 Å². The van der Waals surface area contributed by atoms with E-state index in [-0.39, 0.29) is 5.69 Å². The molecule has 0 aliphatic heterocycles. The van der Waals surface area contributed by atoms with Crippen molar-refractivity contribution in [1.82, 2.24) is 9.78 Å². The van der Waals surface area contributed by atoms with Crippen molar-refractivity contribution in [1.29, 1.82) is 0 Å². The van der Waals surface area contributed by atoms with E-state index in [0.29, 0.717) is 18.3 Å². The number of nitro groups is 1. The highest BCUT2D eigenvalue weighted by atomic mass is 19.1. The summed E-state index contributed by atoms with van der Waals surface area (Å²) in [7, 11) is 0. The maximum absolute atomic E-state index is 13.5. The maximum atomic E-state index is 13.5. The fourth-order valence-electron chi connectivity index (χ4n) is 1.73. The van der Waals surface area contributed by atoms with E-state index in [1.807, 2.05) is 6.92 Å². The van der Waals surface area contributed by atoms with E-state index in [4.69, 9.17) is 5.11 Å². The molecule has 2 N–H and O–H groups in total. The highest BCUT2D eigenvalue weighted by molar-refractivity contribution is 5.91. The van der Waals surface area contributed by atoms with Gasteiger partial charge in [-0.3, -0.25) is 14.8 Å². The van der Waals surface area contributed by atoms with Gasteiger partial charge in [0, 0.05) is 12.7 Å². The van der Waals surface area contributed by atoms with Gasteiger partial charge in [-0.1, -0.05) is 0 Å². The van der Waals surface area contributed by atoms with Crippen molar-refractivity contribution in [2.24, 2.45) is 0 Å². The van der Waals surface area contributed by atoms with Crippen molar-refractivity contribution >= 4 is 23.0 Å². The molecule has 0 amide bonds. The zero-order valence-corrected chi connectivity index (χ0v) is 10.9. The summed E-state index contributed by atoms with van der Waals surface area (Å²) < 4.78 is 15.1. The second-order valence-corrected chi connectivity index (χ2v) is 4.12. The number of benzene rings is 1. The monoisotopic (exact) mass is 294 g/mol. The van der Waals surface area contributed by atoms with Gasteiger partial charge in [-0.15, -0.1) is 0 Å². The first kappa shape index (κ1) is 14.4. The average Bonchev–Trinajstić information content (AvgIpc) is 2.87. The van der Waals surface area contributed by atoms with E-state index in [9.17, 15) is 19.3 Å². The lowest BCUT2D eigenvalue weighted by Gasteiger charge is -2.07. The molecule has 0 atom stereocenters. The van der Waals surface area contributed by atoms with Crippen LogP contribution in [0.3, 0.4) is 0 Å². The summed E-state index contributed by atoms with van der Waals surface area (Å²) in [5.74, 6) is -2.67. The number of aromatic carboxylic acids is 1. The number of carbonyl (C=O) groups is 1. The van der Waals surface area contributed by atoms with Crippen LogP contribution in [0.25, 0.3) is 0 Å². The van der Waals surface area contributed by atoms with E-state index in [2.05, 4.69) is 10.4 Å². The highest BCUT2D eigenvalue weighted by Crippen LogP contribution is 2.30. The summed E-state index contributed by atoms with van der Waals surface area (Å²) in [6.07, 6.45) is 3.02. The Balaban J connectivity index is 2.46. The Labute approximate surface area is 118 Å². The van der Waals surface area contributed by atoms with Crippen LogP contribution in [0.5, 0.6) is 0 Å². The second kappa shape index (κ2) is 5.57. The van der Waals surface area contributed by atoms with Gasteiger partial charge in [0.15, 0.2) is 0 Å². The summed E-state index contributed by atoms with van der Waals surface area (Å²) in [5, 5.41) is 26.5. The third-order valence-electron chi connectivity index (χ3n) is 2.75. The Bertz CT molecular complexity index is 713. The SMILES string of the molecule is CCn1cc(Nc2cc(C(=O)O)c(F)cc2[N+](=O)[O-])cn1. The van der Waals surface area contributed by atoms with Crippen LogP contribution < -0.4 is 5.32 Å². The second-order valence-electron chi connectivity index (χ2n) is 4.12. The number of aryl methyl sites for hydroxylation is 1. The number of halogens is 1. The normalized spacial score (nSPS) is 10.4. The van der Waals surface area contributed by atoms with Gasteiger partial charge < -0.3 is 10.4 Å². The van der Waals surface area contributed by atoms with E-state index < -0.39 is 28.0 Å². The van der Waals surface area contributed by atoms with Crippen LogP contribution in [0, 0.1) is 15.9 Å². The quantitative estimate of drug-likeness (QED) is 0.647. The molecule has 0 saturated carbocycles. The molecule has 0 saturated heterocycles. The molecule has 0 bridgehead atoms. The lowest BCUT2D eigenvalue weighted by Crippen LogP contribution is -2.05. The zero-order chi connectivity index (χ0) is 15.6. The Kier molecular flexibility index (Phi) is 3.83. The Morgan fingerprint density at radius 2 is 2.29 bits per heavy atom. The minimum Gasteiger partial charge on any atom is -0.478 e. The van der Waals surface area contributed by atoms with Crippen LogP contribution in [0.2, 0.25) is 0 Å². The van der Waals surface area contributed by atoms with Gasteiger partial charge in [-0.2, -0.15) is 5.10 Å². The zero-order valence-electron chi connectivity index (χ0n) is 10.9. The third kappa shape index (κ3) is 2.96. The number of hydrogen-bond acceptors (Lipinski definition) is 5. The molecule has 9 heteroatoms. The molecule has 0 fully saturated rings. The lowest BCUT2D eigenvalue weighted by atomic mass is 10.1. The molecule has 1 heterocycles. The van der Waals surface area contributed by atoms with E-state index in [1.165, 1.54) is 6.20 Å². The van der Waals surface area contributed by atoms with Crippen molar-refractivity contribution in [3.63, 3.8) is 0 Å². The van der Waals surface area contributed by atoms with Crippen LogP contribution in [0.15, 0.2) is 24.5 Å². The first-order valence-corrected chi connectivity index (χ1v) is 5.93. The fraction of sp³-hybridized carbons (Fsp3) is 0.167. The highest BCUT2D eigenvalue weighted by Gasteiger charge is 2.22. The van der Waals surface area contributed by atoms with Crippen molar-refractivity contribution in [3.8, 4) is 0 Å². The predicted octanol–water partition coefficient (Wildman–Crippen LogP) is 2.39. The van der Waals surface area contributed by atoms with Gasteiger partial charge in [0.2, 0.25) is 0 Å². The lowest BCUT2D eigenvalue weighted by molar-refractivity contribution is -0.384. The molecular weight excluding hydrogens is 283 g/mol. The van der Waals surface area contributed by atoms with Crippen LogP contribution in [0.1, 0.15) is 17.3 Å². The van der Waals surface area contributed by atoms with Crippen molar-refractivity contribution in [3.05, 3.63) is 46.0 Å². The summed E-state index contributed by atoms with van der Waals surface area (Å²) >= 11 is 0. The van der Waals surface area contributed by atoms with Gasteiger partial charge in [0.25, 0.3) is 5.69 Å². The van der Waals surface area contributed by atoms with Crippen LogP contribution in [-0.4, -0.2) is 25.8 Å². The average molecular weight is 294 g/mol. The largest absolute Gasteiger partial charge is 0.478 e. The van der Waals surface area contributed by atoms with Gasteiger partial charge in [0.1, 0.15) is 11.5 Å². The third-order valence-corrected chi connectivity index (χ3v) is 2.75. The minimum atomic E-state index is -1.50. The number of nitrogens with zero attached hydrogens (tertiary/aromatic N) is 3. The van der Waals surface area contributed by atoms with Crippen LogP contribution in [-0.2, 0) is 6.54 Å². The molecule has 110 valence electrons. The molecule has 21 heavy (non-hydrogen) atoms. The first-order valence-electron chi connectivity index (χ1n) is 5.93. The molecular formula is C12H11FN4O4. The molecule has 0 radical (unpaired) electrons. The molecule has 0 aliphatic carbocycles. The number of hydrogen-bond donors (Lipinski definition) is 2. The molecule has 0 aliphatic rings. The molecule has 8 nitrogen and oxygen atoms in total. The van der Waals surface area contributed by atoms with Crippen LogP contribution in [0.4, 0.5) is 21.5 Å². The molecule has 0 spiro atoms. The standard InChI is InChI=1S/C12H11FN4O4/c1-2-16-6-7(5-14-16)15-10-3-8(12(18)19)9(13)4-11(10)17(20)21/h3-6,15H,2H2,1H3,(H,18,19). The summed E-state index contributed by atoms with van der Waals surface area (Å²) in [6.45, 7) is 2.47. The van der Waals surface area contributed by atoms with Crippen molar-refractivity contribution in [2.75, 3.05) is 5.32 Å². The predicted molar refractivity (Wildman–Crippen MR) is 71.2 cm³/mol.